The zero-order valence-corrected chi connectivity index (χ0v) is 10.3. The average molecular weight is 281 g/mol. The Hall–Kier alpha value is -1.50. The first kappa shape index (κ1) is 14.6. The van der Waals surface area contributed by atoms with Crippen molar-refractivity contribution in [2.45, 2.75) is 12.6 Å². The number of nitrogens with two attached hydrogens (primary N) is 1. The molecular weight excluding hydrogens is 269 g/mol. The molecule has 0 saturated carbocycles. The van der Waals surface area contributed by atoms with Crippen molar-refractivity contribution < 1.29 is 13.2 Å². The van der Waals surface area contributed by atoms with Crippen LogP contribution < -0.4 is 10.6 Å². The molecule has 0 spiro atoms. The van der Waals surface area contributed by atoms with E-state index in [2.05, 4.69) is 4.98 Å². The molecule has 1 aromatic rings. The van der Waals surface area contributed by atoms with Crippen LogP contribution in [0, 0.1) is 5.41 Å². The Labute approximate surface area is 107 Å². The summed E-state index contributed by atoms with van der Waals surface area (Å²) in [6.45, 7) is 0.355. The van der Waals surface area contributed by atoms with E-state index in [1.165, 1.54) is 0 Å². The van der Waals surface area contributed by atoms with Crippen molar-refractivity contribution >= 4 is 23.3 Å². The van der Waals surface area contributed by atoms with E-state index in [9.17, 15) is 13.2 Å². The van der Waals surface area contributed by atoms with E-state index >= 15 is 0 Å². The summed E-state index contributed by atoms with van der Waals surface area (Å²) < 4.78 is 37.2. The second-order valence-electron chi connectivity index (χ2n) is 3.72. The number of nitrogens with zero attached hydrogens (tertiary/aromatic N) is 2. The van der Waals surface area contributed by atoms with Gasteiger partial charge in [-0.15, -0.1) is 0 Å². The zero-order valence-electron chi connectivity index (χ0n) is 9.55. The molecule has 0 radical (unpaired) electrons. The van der Waals surface area contributed by atoms with Gasteiger partial charge in [-0.2, -0.15) is 13.2 Å². The fourth-order valence-electron chi connectivity index (χ4n) is 1.26. The Morgan fingerprint density at radius 2 is 2.17 bits per heavy atom. The molecule has 0 amide bonds. The minimum atomic E-state index is -4.47. The van der Waals surface area contributed by atoms with E-state index in [-0.39, 0.29) is 23.1 Å². The van der Waals surface area contributed by atoms with Gasteiger partial charge < -0.3 is 10.6 Å². The Kier molecular flexibility index (Phi) is 4.39. The summed E-state index contributed by atoms with van der Waals surface area (Å²) in [4.78, 5) is 5.23. The van der Waals surface area contributed by atoms with E-state index in [0.29, 0.717) is 6.54 Å². The van der Waals surface area contributed by atoms with E-state index in [0.717, 1.165) is 12.3 Å². The quantitative estimate of drug-likeness (QED) is 0.658. The predicted octanol–water partition coefficient (Wildman–Crippen LogP) is 2.52. The normalized spacial score (nSPS) is 11.4. The monoisotopic (exact) mass is 280 g/mol. The minimum Gasteiger partial charge on any atom is -0.388 e. The first-order chi connectivity index (χ1) is 8.21. The van der Waals surface area contributed by atoms with Crippen LogP contribution in [0.5, 0.6) is 0 Å². The van der Waals surface area contributed by atoms with Gasteiger partial charge in [-0.1, -0.05) is 11.6 Å². The van der Waals surface area contributed by atoms with Gasteiger partial charge in [0.2, 0.25) is 0 Å². The van der Waals surface area contributed by atoms with Crippen molar-refractivity contribution in [1.82, 2.24) is 4.98 Å². The highest BCUT2D eigenvalue weighted by Gasteiger charge is 2.31. The third kappa shape index (κ3) is 3.76. The number of aromatic nitrogens is 1. The number of hydrogen-bond donors (Lipinski definition) is 2. The maximum absolute atomic E-state index is 12.4. The van der Waals surface area contributed by atoms with E-state index in [1.54, 1.807) is 11.9 Å². The molecule has 1 rings (SSSR count). The van der Waals surface area contributed by atoms with Crippen molar-refractivity contribution in [1.29, 1.82) is 5.41 Å². The molecule has 0 aliphatic heterocycles. The molecule has 100 valence electrons. The number of halogens is 4. The highest BCUT2D eigenvalue weighted by molar-refractivity contribution is 6.33. The summed E-state index contributed by atoms with van der Waals surface area (Å²) in [6.07, 6.45) is -3.45. The summed E-state index contributed by atoms with van der Waals surface area (Å²) >= 11 is 5.76. The van der Waals surface area contributed by atoms with Crippen molar-refractivity contribution in [2.24, 2.45) is 5.73 Å². The SMILES string of the molecule is CN(CCC(=N)N)c1ncc(C(F)(F)F)cc1Cl. The second kappa shape index (κ2) is 5.43. The number of rotatable bonds is 4. The Morgan fingerprint density at radius 1 is 1.56 bits per heavy atom. The van der Waals surface area contributed by atoms with Gasteiger partial charge in [0.05, 0.1) is 16.4 Å². The largest absolute Gasteiger partial charge is 0.417 e. The molecule has 0 bridgehead atoms. The van der Waals surface area contributed by atoms with Gasteiger partial charge in [0.1, 0.15) is 5.82 Å². The third-order valence-corrected chi connectivity index (χ3v) is 2.51. The van der Waals surface area contributed by atoms with Crippen LogP contribution in [0.1, 0.15) is 12.0 Å². The van der Waals surface area contributed by atoms with E-state index in [1.807, 2.05) is 0 Å². The van der Waals surface area contributed by atoms with Crippen LogP contribution in [-0.2, 0) is 6.18 Å². The lowest BCUT2D eigenvalue weighted by Gasteiger charge is -2.19. The highest BCUT2D eigenvalue weighted by Crippen LogP contribution is 2.33. The predicted molar refractivity (Wildman–Crippen MR) is 64.1 cm³/mol. The number of amidine groups is 1. The molecule has 0 saturated heterocycles. The Bertz CT molecular complexity index is 447. The number of hydrogen-bond acceptors (Lipinski definition) is 3. The molecule has 0 atom stereocenters. The van der Waals surface area contributed by atoms with Crippen molar-refractivity contribution in [2.75, 3.05) is 18.5 Å². The third-order valence-electron chi connectivity index (χ3n) is 2.23. The topological polar surface area (TPSA) is 66.0 Å². The minimum absolute atomic E-state index is 0.00937. The smallest absolute Gasteiger partial charge is 0.388 e. The van der Waals surface area contributed by atoms with Crippen LogP contribution in [0.2, 0.25) is 5.02 Å². The lowest BCUT2D eigenvalue weighted by molar-refractivity contribution is -0.137. The summed E-state index contributed by atoms with van der Waals surface area (Å²) in [6, 6.07) is 0.828. The average Bonchev–Trinajstić information content (AvgIpc) is 2.24. The van der Waals surface area contributed by atoms with E-state index in [4.69, 9.17) is 22.7 Å². The number of nitrogens with one attached hydrogen (secondary N) is 1. The summed E-state index contributed by atoms with van der Waals surface area (Å²) in [7, 11) is 1.62. The molecule has 0 unspecified atom stereocenters. The molecule has 0 aromatic carbocycles. The fraction of sp³-hybridized carbons (Fsp3) is 0.400. The van der Waals surface area contributed by atoms with Gasteiger partial charge in [0.25, 0.3) is 0 Å². The fourth-order valence-corrected chi connectivity index (χ4v) is 1.57. The molecule has 0 fully saturated rings. The lowest BCUT2D eigenvalue weighted by atomic mass is 10.2. The molecule has 4 nitrogen and oxygen atoms in total. The molecule has 1 aromatic heterocycles. The van der Waals surface area contributed by atoms with E-state index < -0.39 is 11.7 Å². The molecule has 8 heteroatoms. The van der Waals surface area contributed by atoms with Gasteiger partial charge in [0.15, 0.2) is 0 Å². The first-order valence-electron chi connectivity index (χ1n) is 4.98. The molecular formula is C10H12ClF3N4. The number of anilines is 1. The first-order valence-corrected chi connectivity index (χ1v) is 5.36. The van der Waals surface area contributed by atoms with Crippen LogP contribution in [0.25, 0.3) is 0 Å². The van der Waals surface area contributed by atoms with Crippen LogP contribution in [0.4, 0.5) is 19.0 Å². The number of alkyl halides is 3. The Morgan fingerprint density at radius 3 is 2.61 bits per heavy atom. The van der Waals surface area contributed by atoms with Gasteiger partial charge in [-0.3, -0.25) is 5.41 Å². The van der Waals surface area contributed by atoms with Crippen LogP contribution >= 0.6 is 11.6 Å². The standard InChI is InChI=1S/C10H12ClF3N4/c1-18(3-2-8(15)16)9-7(11)4-6(5-17-9)10(12,13)14/h4-5H,2-3H2,1H3,(H3,15,16). The second-order valence-corrected chi connectivity index (χ2v) is 4.13. The van der Waals surface area contributed by atoms with Crippen molar-refractivity contribution in [3.8, 4) is 0 Å². The zero-order chi connectivity index (χ0) is 13.9. The maximum atomic E-state index is 12.4. The molecule has 0 aliphatic rings. The number of pyridine rings is 1. The molecule has 0 aliphatic carbocycles. The summed E-state index contributed by atoms with van der Waals surface area (Å²) in [5.74, 6) is 0.218. The highest BCUT2D eigenvalue weighted by atomic mass is 35.5. The van der Waals surface area contributed by atoms with Gasteiger partial charge in [0, 0.05) is 26.2 Å². The van der Waals surface area contributed by atoms with Gasteiger partial charge in [-0.25, -0.2) is 4.98 Å². The summed E-state index contributed by atoms with van der Waals surface area (Å²) in [5.41, 5.74) is 4.30. The van der Waals surface area contributed by atoms with Gasteiger partial charge in [-0.05, 0) is 6.07 Å². The lowest BCUT2D eigenvalue weighted by Crippen LogP contribution is -2.25. The molecule has 18 heavy (non-hydrogen) atoms. The van der Waals surface area contributed by atoms with Crippen LogP contribution in [0.15, 0.2) is 12.3 Å². The van der Waals surface area contributed by atoms with Gasteiger partial charge >= 0.3 is 6.18 Å². The molecule has 3 N–H and O–H groups in total. The molecule has 1 heterocycles. The van der Waals surface area contributed by atoms with Crippen LogP contribution in [0.3, 0.4) is 0 Å². The summed E-state index contributed by atoms with van der Waals surface area (Å²) in [5, 5.41) is 6.98. The van der Waals surface area contributed by atoms with Crippen molar-refractivity contribution in [3.63, 3.8) is 0 Å². The Balaban J connectivity index is 2.88. The van der Waals surface area contributed by atoms with Crippen molar-refractivity contribution in [3.05, 3.63) is 22.8 Å². The maximum Gasteiger partial charge on any atom is 0.417 e. The van der Waals surface area contributed by atoms with Crippen LogP contribution in [-0.4, -0.2) is 24.4 Å².